The van der Waals surface area contributed by atoms with Crippen LogP contribution in [0.3, 0.4) is 0 Å². The number of amides is 1. The molecular formula is C23H18N2O2S2. The summed E-state index contributed by atoms with van der Waals surface area (Å²) in [6, 6.07) is 24.6. The maximum atomic E-state index is 13.2. The summed E-state index contributed by atoms with van der Waals surface area (Å²) >= 11 is 3.01. The van der Waals surface area contributed by atoms with Crippen LogP contribution in [0.15, 0.2) is 83.2 Å². The lowest BCUT2D eigenvalue weighted by atomic mass is 10.1. The van der Waals surface area contributed by atoms with Crippen LogP contribution in [0.1, 0.15) is 28.1 Å². The molecule has 29 heavy (non-hydrogen) atoms. The Kier molecular flexibility index (Phi) is 5.74. The Hall–Kier alpha value is -2.96. The largest absolute Gasteiger partial charge is 0.325 e. The minimum Gasteiger partial charge on any atom is -0.325 e. The number of para-hydroxylation sites is 1. The molecule has 0 radical (unpaired) electrons. The van der Waals surface area contributed by atoms with E-state index in [1.54, 1.807) is 35.6 Å². The highest BCUT2D eigenvalue weighted by molar-refractivity contribution is 8.02. The van der Waals surface area contributed by atoms with E-state index in [4.69, 9.17) is 0 Å². The minimum absolute atomic E-state index is 0.0374. The number of nitrogens with zero attached hydrogens (tertiary/aromatic N) is 1. The van der Waals surface area contributed by atoms with E-state index in [9.17, 15) is 9.59 Å². The zero-order valence-electron chi connectivity index (χ0n) is 15.7. The first-order valence-corrected chi connectivity index (χ1v) is 10.8. The van der Waals surface area contributed by atoms with Crippen molar-refractivity contribution in [2.45, 2.75) is 16.5 Å². The molecule has 1 heterocycles. The molecule has 0 bridgehead atoms. The molecule has 1 amide bonds. The van der Waals surface area contributed by atoms with E-state index in [-0.39, 0.29) is 11.7 Å². The lowest BCUT2D eigenvalue weighted by molar-refractivity contribution is -0.115. The molecule has 4 rings (SSSR count). The quantitative estimate of drug-likeness (QED) is 0.309. The first-order chi connectivity index (χ1) is 14.1. The van der Waals surface area contributed by atoms with Crippen LogP contribution in [-0.2, 0) is 4.79 Å². The van der Waals surface area contributed by atoms with Crippen LogP contribution in [0.4, 0.5) is 5.69 Å². The van der Waals surface area contributed by atoms with E-state index in [1.807, 2.05) is 54.6 Å². The topological polar surface area (TPSA) is 59.1 Å². The summed E-state index contributed by atoms with van der Waals surface area (Å²) < 4.78 is 1.93. The van der Waals surface area contributed by atoms with Crippen LogP contribution in [0.2, 0.25) is 0 Å². The number of aromatic nitrogens is 1. The van der Waals surface area contributed by atoms with Crippen molar-refractivity contribution in [3.8, 4) is 0 Å². The van der Waals surface area contributed by atoms with Crippen molar-refractivity contribution >= 4 is 50.7 Å². The van der Waals surface area contributed by atoms with E-state index in [1.165, 1.54) is 18.7 Å². The predicted molar refractivity (Wildman–Crippen MR) is 120 cm³/mol. The molecular weight excluding hydrogens is 400 g/mol. The van der Waals surface area contributed by atoms with Crippen LogP contribution in [-0.4, -0.2) is 16.7 Å². The van der Waals surface area contributed by atoms with Gasteiger partial charge in [0.2, 0.25) is 5.91 Å². The molecule has 0 aliphatic heterocycles. The van der Waals surface area contributed by atoms with Crippen molar-refractivity contribution in [1.29, 1.82) is 0 Å². The molecule has 0 spiro atoms. The second-order valence-corrected chi connectivity index (χ2v) is 8.87. The van der Waals surface area contributed by atoms with Gasteiger partial charge in [-0.05, 0) is 36.8 Å². The van der Waals surface area contributed by atoms with Gasteiger partial charge in [0.1, 0.15) is 5.25 Å². The normalized spacial score (nSPS) is 11.9. The number of rotatable bonds is 6. The Labute approximate surface area is 177 Å². The van der Waals surface area contributed by atoms with Gasteiger partial charge < -0.3 is 5.32 Å². The standard InChI is InChI=1S/C23H18N2O2S2/c1-15(26)17-10-7-11-18(14-17)24-22(27)21(16-8-3-2-4-9-16)29-23-25-19-12-5-6-13-20(19)28-23/h2-14,21H,1H3,(H,24,27). The Bertz CT molecular complexity index is 1140. The number of hydrogen-bond donors (Lipinski definition) is 1. The summed E-state index contributed by atoms with van der Waals surface area (Å²) in [5.41, 5.74) is 3.00. The van der Waals surface area contributed by atoms with Gasteiger partial charge in [0, 0.05) is 11.3 Å². The highest BCUT2D eigenvalue weighted by atomic mass is 32.2. The molecule has 1 unspecified atom stereocenters. The van der Waals surface area contributed by atoms with Crippen LogP contribution < -0.4 is 5.32 Å². The first kappa shape index (κ1) is 19.4. The molecule has 1 atom stereocenters. The van der Waals surface area contributed by atoms with Gasteiger partial charge in [-0.1, -0.05) is 66.4 Å². The average molecular weight is 419 g/mol. The Morgan fingerprint density at radius 3 is 2.48 bits per heavy atom. The number of thiazole rings is 1. The van der Waals surface area contributed by atoms with Crippen molar-refractivity contribution in [2.24, 2.45) is 0 Å². The van der Waals surface area contributed by atoms with Gasteiger partial charge in [0.15, 0.2) is 10.1 Å². The summed E-state index contributed by atoms with van der Waals surface area (Å²) in [7, 11) is 0. The number of nitrogens with one attached hydrogen (secondary N) is 1. The zero-order chi connectivity index (χ0) is 20.2. The number of Topliss-reactive ketones (excluding diaryl/α,β-unsaturated/α-hetero) is 1. The lowest BCUT2D eigenvalue weighted by Gasteiger charge is -2.16. The highest BCUT2D eigenvalue weighted by Crippen LogP contribution is 2.39. The molecule has 144 valence electrons. The third-order valence-corrected chi connectivity index (χ3v) is 6.75. The zero-order valence-corrected chi connectivity index (χ0v) is 17.3. The number of ketones is 1. The Balaban J connectivity index is 1.62. The van der Waals surface area contributed by atoms with Gasteiger partial charge in [0.25, 0.3) is 0 Å². The summed E-state index contributed by atoms with van der Waals surface area (Å²) in [4.78, 5) is 29.5. The van der Waals surface area contributed by atoms with Crippen molar-refractivity contribution in [3.63, 3.8) is 0 Å². The van der Waals surface area contributed by atoms with Crippen molar-refractivity contribution in [1.82, 2.24) is 4.98 Å². The fourth-order valence-electron chi connectivity index (χ4n) is 2.93. The Morgan fingerprint density at radius 1 is 0.966 bits per heavy atom. The molecule has 3 aromatic carbocycles. The average Bonchev–Trinajstić information content (AvgIpc) is 3.15. The van der Waals surface area contributed by atoms with Crippen LogP contribution in [0, 0.1) is 0 Å². The van der Waals surface area contributed by atoms with Crippen molar-refractivity contribution in [2.75, 3.05) is 5.32 Å². The second kappa shape index (κ2) is 8.59. The third-order valence-electron chi connectivity index (χ3n) is 4.37. The first-order valence-electron chi connectivity index (χ1n) is 9.09. The number of anilines is 1. The summed E-state index contributed by atoms with van der Waals surface area (Å²) in [5.74, 6) is -0.189. The smallest absolute Gasteiger partial charge is 0.242 e. The number of thioether (sulfide) groups is 1. The summed E-state index contributed by atoms with van der Waals surface area (Å²) in [5, 5.41) is 2.49. The van der Waals surface area contributed by atoms with E-state index < -0.39 is 5.25 Å². The van der Waals surface area contributed by atoms with Crippen LogP contribution >= 0.6 is 23.1 Å². The maximum absolute atomic E-state index is 13.2. The fraction of sp³-hybridized carbons (Fsp3) is 0.0870. The molecule has 0 saturated heterocycles. The summed E-state index contributed by atoms with van der Waals surface area (Å²) in [6.07, 6.45) is 0. The molecule has 4 aromatic rings. The molecule has 0 aliphatic carbocycles. The number of carbonyl (C=O) groups is 2. The lowest BCUT2D eigenvalue weighted by Crippen LogP contribution is -2.19. The minimum atomic E-state index is -0.460. The van der Waals surface area contributed by atoms with Gasteiger partial charge in [-0.3, -0.25) is 9.59 Å². The molecule has 1 aromatic heterocycles. The van der Waals surface area contributed by atoms with Gasteiger partial charge in [-0.25, -0.2) is 4.98 Å². The predicted octanol–water partition coefficient (Wildman–Crippen LogP) is 5.97. The van der Waals surface area contributed by atoms with Gasteiger partial charge in [-0.15, -0.1) is 11.3 Å². The van der Waals surface area contributed by atoms with E-state index in [0.29, 0.717) is 11.3 Å². The summed E-state index contributed by atoms with van der Waals surface area (Å²) in [6.45, 7) is 1.51. The van der Waals surface area contributed by atoms with Crippen LogP contribution in [0.25, 0.3) is 10.2 Å². The molecule has 0 saturated carbocycles. The van der Waals surface area contributed by atoms with E-state index in [0.717, 1.165) is 20.1 Å². The molecule has 6 heteroatoms. The number of carbonyl (C=O) groups excluding carboxylic acids is 2. The second-order valence-electron chi connectivity index (χ2n) is 6.48. The third kappa shape index (κ3) is 4.55. The van der Waals surface area contributed by atoms with Crippen molar-refractivity contribution < 1.29 is 9.59 Å². The van der Waals surface area contributed by atoms with Gasteiger partial charge in [0.05, 0.1) is 10.2 Å². The molecule has 0 fully saturated rings. The number of hydrogen-bond acceptors (Lipinski definition) is 5. The monoisotopic (exact) mass is 418 g/mol. The highest BCUT2D eigenvalue weighted by Gasteiger charge is 2.24. The van der Waals surface area contributed by atoms with Gasteiger partial charge in [-0.2, -0.15) is 0 Å². The van der Waals surface area contributed by atoms with Crippen molar-refractivity contribution in [3.05, 3.63) is 90.0 Å². The van der Waals surface area contributed by atoms with E-state index >= 15 is 0 Å². The maximum Gasteiger partial charge on any atom is 0.242 e. The molecule has 1 N–H and O–H groups in total. The fourth-order valence-corrected chi connectivity index (χ4v) is 5.19. The molecule has 4 nitrogen and oxygen atoms in total. The molecule has 0 aliphatic rings. The number of fused-ring (bicyclic) bond motifs is 1. The van der Waals surface area contributed by atoms with Crippen LogP contribution in [0.5, 0.6) is 0 Å². The SMILES string of the molecule is CC(=O)c1cccc(NC(=O)C(Sc2nc3ccccc3s2)c2ccccc2)c1. The number of benzene rings is 3. The van der Waals surface area contributed by atoms with Gasteiger partial charge >= 0.3 is 0 Å². The van der Waals surface area contributed by atoms with E-state index in [2.05, 4.69) is 10.3 Å². The Morgan fingerprint density at radius 2 is 1.72 bits per heavy atom.